The Balaban J connectivity index is 3.61. The monoisotopic (exact) mass is 306 g/mol. The molecule has 2 amide bonds. The number of urea groups is 1. The smallest absolute Gasteiger partial charge is 0.377 e. The zero-order valence-corrected chi connectivity index (χ0v) is 14.3. The van der Waals surface area contributed by atoms with E-state index >= 15 is 0 Å². The maximum Gasteiger partial charge on any atom is 0.500 e. The van der Waals surface area contributed by atoms with E-state index in [1.165, 1.54) is 19.3 Å². The molecule has 6 nitrogen and oxygen atoms in total. The van der Waals surface area contributed by atoms with Crippen LogP contribution in [0.15, 0.2) is 0 Å². The summed E-state index contributed by atoms with van der Waals surface area (Å²) in [6, 6.07) is 0.578. The Hall–Kier alpha value is -0.633. The highest BCUT2D eigenvalue weighted by molar-refractivity contribution is 6.60. The van der Waals surface area contributed by atoms with Crippen LogP contribution in [-0.2, 0) is 13.3 Å². The third-order valence-electron chi connectivity index (χ3n) is 3.19. The van der Waals surface area contributed by atoms with Gasteiger partial charge in [0.15, 0.2) is 0 Å². The number of unbranched alkanes of at least 4 members (excludes halogenated alkanes) is 3. The van der Waals surface area contributed by atoms with E-state index in [4.69, 9.17) is 13.3 Å². The zero-order valence-electron chi connectivity index (χ0n) is 13.3. The maximum atomic E-state index is 11.5. The Morgan fingerprint density at radius 1 is 0.900 bits per heavy atom. The van der Waals surface area contributed by atoms with Gasteiger partial charge in [-0.1, -0.05) is 26.2 Å². The van der Waals surface area contributed by atoms with Gasteiger partial charge in [0.2, 0.25) is 0 Å². The summed E-state index contributed by atoms with van der Waals surface area (Å²) < 4.78 is 15.9. The van der Waals surface area contributed by atoms with Crippen LogP contribution in [0.4, 0.5) is 4.79 Å². The summed E-state index contributed by atoms with van der Waals surface area (Å²) in [6.45, 7) is 3.49. The minimum absolute atomic E-state index is 0.110. The summed E-state index contributed by atoms with van der Waals surface area (Å²) in [6.07, 6.45) is 5.40. The lowest BCUT2D eigenvalue weighted by atomic mass is 10.2. The SMILES string of the molecule is CCCCCCNC(=O)NCCC[Si](OC)(OC)OC. The van der Waals surface area contributed by atoms with Crippen molar-refractivity contribution in [3.8, 4) is 0 Å². The Labute approximate surface area is 123 Å². The second-order valence-electron chi connectivity index (χ2n) is 4.64. The van der Waals surface area contributed by atoms with Crippen molar-refractivity contribution < 1.29 is 18.1 Å². The van der Waals surface area contributed by atoms with E-state index in [9.17, 15) is 4.79 Å². The third-order valence-corrected chi connectivity index (χ3v) is 6.03. The number of rotatable bonds is 12. The minimum atomic E-state index is -2.50. The number of hydrogen-bond acceptors (Lipinski definition) is 4. The van der Waals surface area contributed by atoms with Crippen LogP contribution in [0.2, 0.25) is 6.04 Å². The number of hydrogen-bond donors (Lipinski definition) is 2. The van der Waals surface area contributed by atoms with Crippen LogP contribution in [0.25, 0.3) is 0 Å². The quantitative estimate of drug-likeness (QED) is 0.428. The topological polar surface area (TPSA) is 68.8 Å². The molecule has 0 atom stereocenters. The van der Waals surface area contributed by atoms with Gasteiger partial charge in [0.25, 0.3) is 0 Å². The lowest BCUT2D eigenvalue weighted by molar-refractivity contribution is 0.123. The molecule has 2 N–H and O–H groups in total. The average Bonchev–Trinajstić information content (AvgIpc) is 2.48. The molecule has 0 heterocycles. The van der Waals surface area contributed by atoms with Crippen molar-refractivity contribution >= 4 is 14.8 Å². The highest BCUT2D eigenvalue weighted by atomic mass is 28.4. The molecular weight excluding hydrogens is 276 g/mol. The van der Waals surface area contributed by atoms with Gasteiger partial charge in [0.1, 0.15) is 0 Å². The van der Waals surface area contributed by atoms with Crippen molar-refractivity contribution in [3.63, 3.8) is 0 Å². The Kier molecular flexibility index (Phi) is 11.7. The first kappa shape index (κ1) is 19.4. The number of carbonyl (C=O) groups is 1. The summed E-state index contributed by atoms with van der Waals surface area (Å²) in [4.78, 5) is 11.5. The van der Waals surface area contributed by atoms with E-state index < -0.39 is 8.80 Å². The molecule has 120 valence electrons. The van der Waals surface area contributed by atoms with E-state index in [1.807, 2.05) is 0 Å². The summed E-state index contributed by atoms with van der Waals surface area (Å²) in [7, 11) is 2.28. The van der Waals surface area contributed by atoms with E-state index in [1.54, 1.807) is 21.3 Å². The number of amides is 2. The van der Waals surface area contributed by atoms with Gasteiger partial charge in [0.05, 0.1) is 0 Å². The van der Waals surface area contributed by atoms with Crippen molar-refractivity contribution in [2.45, 2.75) is 45.1 Å². The first-order valence-corrected chi connectivity index (χ1v) is 9.24. The van der Waals surface area contributed by atoms with E-state index in [-0.39, 0.29) is 6.03 Å². The average molecular weight is 306 g/mol. The Bertz CT molecular complexity index is 242. The van der Waals surface area contributed by atoms with Gasteiger partial charge in [-0.25, -0.2) is 4.79 Å². The molecule has 7 heteroatoms. The number of carbonyl (C=O) groups excluding carboxylic acids is 1. The highest BCUT2D eigenvalue weighted by Crippen LogP contribution is 2.14. The molecule has 0 bridgehead atoms. The molecule has 20 heavy (non-hydrogen) atoms. The molecule has 0 aromatic heterocycles. The molecule has 0 aliphatic carbocycles. The van der Waals surface area contributed by atoms with Crippen LogP contribution in [-0.4, -0.2) is 49.3 Å². The summed E-state index contributed by atoms with van der Waals surface area (Å²) in [5.41, 5.74) is 0. The van der Waals surface area contributed by atoms with Gasteiger partial charge in [0, 0.05) is 40.5 Å². The van der Waals surface area contributed by atoms with Gasteiger partial charge >= 0.3 is 14.8 Å². The lowest BCUT2D eigenvalue weighted by Crippen LogP contribution is -2.43. The molecule has 0 aromatic carbocycles. The molecule has 0 radical (unpaired) electrons. The molecular formula is C13H30N2O4Si. The van der Waals surface area contributed by atoms with Crippen molar-refractivity contribution in [3.05, 3.63) is 0 Å². The normalized spacial score (nSPS) is 11.4. The molecule has 0 fully saturated rings. The van der Waals surface area contributed by atoms with Gasteiger partial charge in [-0.3, -0.25) is 0 Å². The minimum Gasteiger partial charge on any atom is -0.377 e. The van der Waals surface area contributed by atoms with E-state index in [2.05, 4.69) is 17.6 Å². The second-order valence-corrected chi connectivity index (χ2v) is 7.73. The van der Waals surface area contributed by atoms with Crippen LogP contribution in [0, 0.1) is 0 Å². The fourth-order valence-electron chi connectivity index (χ4n) is 1.88. The number of nitrogens with one attached hydrogen (secondary N) is 2. The van der Waals surface area contributed by atoms with Crippen LogP contribution in [0.1, 0.15) is 39.0 Å². The van der Waals surface area contributed by atoms with Gasteiger partial charge in [-0.15, -0.1) is 0 Å². The van der Waals surface area contributed by atoms with Gasteiger partial charge in [-0.05, 0) is 12.8 Å². The van der Waals surface area contributed by atoms with E-state index in [0.717, 1.165) is 19.4 Å². The van der Waals surface area contributed by atoms with Crippen molar-refractivity contribution in [2.75, 3.05) is 34.4 Å². The maximum absolute atomic E-state index is 11.5. The summed E-state index contributed by atoms with van der Waals surface area (Å²) >= 11 is 0. The fraction of sp³-hybridized carbons (Fsp3) is 0.923. The second kappa shape index (κ2) is 12.1. The van der Waals surface area contributed by atoms with Crippen molar-refractivity contribution in [1.29, 1.82) is 0 Å². The van der Waals surface area contributed by atoms with Crippen LogP contribution in [0.3, 0.4) is 0 Å². The standard InChI is InChI=1S/C13H30N2O4Si/c1-5-6-7-8-10-14-13(16)15-11-9-12-20(17-2,18-3)19-4/h5-12H2,1-4H3,(H2,14,15,16). The summed E-state index contributed by atoms with van der Waals surface area (Å²) in [5, 5.41) is 5.67. The molecule has 0 unspecified atom stereocenters. The van der Waals surface area contributed by atoms with Crippen LogP contribution in [0.5, 0.6) is 0 Å². The van der Waals surface area contributed by atoms with Gasteiger partial charge in [-0.2, -0.15) is 0 Å². The van der Waals surface area contributed by atoms with Gasteiger partial charge < -0.3 is 23.9 Å². The molecule has 0 aromatic rings. The molecule has 0 saturated heterocycles. The molecule has 0 saturated carbocycles. The molecule has 0 rings (SSSR count). The summed E-state index contributed by atoms with van der Waals surface area (Å²) in [5.74, 6) is 0. The van der Waals surface area contributed by atoms with Crippen LogP contribution >= 0.6 is 0 Å². The zero-order chi connectivity index (χ0) is 15.3. The first-order valence-electron chi connectivity index (χ1n) is 7.31. The van der Waals surface area contributed by atoms with Crippen molar-refractivity contribution in [1.82, 2.24) is 10.6 Å². The molecule has 0 aliphatic rings. The van der Waals surface area contributed by atoms with E-state index in [0.29, 0.717) is 12.6 Å². The molecule has 0 aliphatic heterocycles. The highest BCUT2D eigenvalue weighted by Gasteiger charge is 2.36. The fourth-order valence-corrected chi connectivity index (χ4v) is 3.60. The predicted octanol–water partition coefficient (Wildman–Crippen LogP) is 2.13. The Morgan fingerprint density at radius 2 is 1.45 bits per heavy atom. The van der Waals surface area contributed by atoms with Crippen molar-refractivity contribution in [2.24, 2.45) is 0 Å². The lowest BCUT2D eigenvalue weighted by Gasteiger charge is -2.24. The van der Waals surface area contributed by atoms with Crippen LogP contribution < -0.4 is 10.6 Å². The largest absolute Gasteiger partial charge is 0.500 e. The Morgan fingerprint density at radius 3 is 1.95 bits per heavy atom. The predicted molar refractivity (Wildman–Crippen MR) is 81.7 cm³/mol. The molecule has 0 spiro atoms. The first-order chi connectivity index (χ1) is 9.64. The third kappa shape index (κ3) is 8.52.